The van der Waals surface area contributed by atoms with Gasteiger partial charge in [-0.25, -0.2) is 13.2 Å². The first-order chi connectivity index (χ1) is 13.8. The molecule has 162 valence electrons. The molecule has 1 aromatic rings. The van der Waals surface area contributed by atoms with Gasteiger partial charge in [0.25, 0.3) is 10.0 Å². The van der Waals surface area contributed by atoms with E-state index in [0.29, 0.717) is 25.4 Å². The van der Waals surface area contributed by atoms with Crippen molar-refractivity contribution in [1.29, 1.82) is 0 Å². The van der Waals surface area contributed by atoms with Crippen molar-refractivity contribution in [1.82, 2.24) is 14.5 Å². The third-order valence-corrected chi connectivity index (χ3v) is 7.30. The lowest BCUT2D eigenvalue weighted by Crippen LogP contribution is -2.49. The van der Waals surface area contributed by atoms with E-state index in [0.717, 1.165) is 4.31 Å². The molecule has 1 aromatic heterocycles. The van der Waals surface area contributed by atoms with Gasteiger partial charge in [-0.1, -0.05) is 0 Å². The molecule has 29 heavy (non-hydrogen) atoms. The molecule has 0 radical (unpaired) electrons. The first-order valence-corrected chi connectivity index (χ1v) is 11.5. The fourth-order valence-electron chi connectivity index (χ4n) is 3.53. The SMILES string of the molecule is CCOC(=O)c1ccc(S(=O)(=O)N2CCCC2C(=O)NCC(C)N(C)C2CC2)o1. The summed E-state index contributed by atoms with van der Waals surface area (Å²) < 4.78 is 37.2. The number of likely N-dealkylation sites (N-methyl/N-ethyl adjacent to an activating group) is 1. The van der Waals surface area contributed by atoms with Crippen molar-refractivity contribution in [3.05, 3.63) is 17.9 Å². The van der Waals surface area contributed by atoms with E-state index in [1.54, 1.807) is 6.92 Å². The van der Waals surface area contributed by atoms with E-state index in [1.165, 1.54) is 25.0 Å². The van der Waals surface area contributed by atoms with Crippen molar-refractivity contribution in [3.63, 3.8) is 0 Å². The Bertz CT molecular complexity index is 848. The van der Waals surface area contributed by atoms with Crippen molar-refractivity contribution in [2.75, 3.05) is 26.7 Å². The minimum atomic E-state index is -4.03. The van der Waals surface area contributed by atoms with Crippen LogP contribution in [0.15, 0.2) is 21.6 Å². The summed E-state index contributed by atoms with van der Waals surface area (Å²) >= 11 is 0. The highest BCUT2D eigenvalue weighted by molar-refractivity contribution is 7.89. The van der Waals surface area contributed by atoms with Gasteiger partial charge in [0.1, 0.15) is 6.04 Å². The highest BCUT2D eigenvalue weighted by Crippen LogP contribution is 2.28. The summed E-state index contributed by atoms with van der Waals surface area (Å²) in [5, 5.41) is 2.53. The number of ether oxygens (including phenoxy) is 1. The Morgan fingerprint density at radius 3 is 2.72 bits per heavy atom. The minimum Gasteiger partial charge on any atom is -0.460 e. The van der Waals surface area contributed by atoms with E-state index >= 15 is 0 Å². The van der Waals surface area contributed by atoms with Gasteiger partial charge in [0.2, 0.25) is 16.8 Å². The van der Waals surface area contributed by atoms with E-state index in [-0.39, 0.29) is 36.0 Å². The van der Waals surface area contributed by atoms with Gasteiger partial charge in [0, 0.05) is 25.2 Å². The summed E-state index contributed by atoms with van der Waals surface area (Å²) in [6, 6.07) is 2.47. The van der Waals surface area contributed by atoms with Crippen LogP contribution in [0, 0.1) is 0 Å². The number of sulfonamides is 1. The smallest absolute Gasteiger partial charge is 0.374 e. The molecule has 1 saturated carbocycles. The second-order valence-electron chi connectivity index (χ2n) is 7.60. The molecule has 1 amide bonds. The third-order valence-electron chi connectivity index (χ3n) is 5.52. The zero-order valence-electron chi connectivity index (χ0n) is 17.1. The first-order valence-electron chi connectivity index (χ1n) is 10.0. The average molecular weight is 428 g/mol. The van der Waals surface area contributed by atoms with Gasteiger partial charge in [-0.2, -0.15) is 4.31 Å². The van der Waals surface area contributed by atoms with Crippen LogP contribution in [0.25, 0.3) is 0 Å². The number of hydrogen-bond acceptors (Lipinski definition) is 7. The van der Waals surface area contributed by atoms with Gasteiger partial charge < -0.3 is 14.5 Å². The fraction of sp³-hybridized carbons (Fsp3) is 0.684. The number of carbonyl (C=O) groups excluding carboxylic acids is 2. The fourth-order valence-corrected chi connectivity index (χ4v) is 5.10. The Morgan fingerprint density at radius 1 is 1.34 bits per heavy atom. The molecule has 1 aliphatic carbocycles. The first kappa shape index (κ1) is 21.8. The molecule has 0 bridgehead atoms. The number of carbonyl (C=O) groups is 2. The van der Waals surface area contributed by atoms with Crippen LogP contribution in [0.3, 0.4) is 0 Å². The third kappa shape index (κ3) is 4.81. The molecule has 1 saturated heterocycles. The number of nitrogens with one attached hydrogen (secondary N) is 1. The molecule has 1 N–H and O–H groups in total. The van der Waals surface area contributed by atoms with Crippen LogP contribution in [-0.2, 0) is 19.6 Å². The zero-order chi connectivity index (χ0) is 21.2. The van der Waals surface area contributed by atoms with Gasteiger partial charge in [0.05, 0.1) is 6.61 Å². The predicted molar refractivity (Wildman–Crippen MR) is 105 cm³/mol. The van der Waals surface area contributed by atoms with Gasteiger partial charge in [-0.15, -0.1) is 0 Å². The standard InChI is InChI=1S/C19H29N3O6S/c1-4-27-19(24)16-9-10-17(28-16)29(25,26)22-11-5-6-15(22)18(23)20-12-13(2)21(3)14-7-8-14/h9-10,13-15H,4-8,11-12H2,1-3H3,(H,20,23). The maximum absolute atomic E-state index is 13.0. The molecule has 2 unspecified atom stereocenters. The van der Waals surface area contributed by atoms with Crippen molar-refractivity contribution < 1.29 is 27.2 Å². The van der Waals surface area contributed by atoms with Crippen molar-refractivity contribution in [3.8, 4) is 0 Å². The van der Waals surface area contributed by atoms with Gasteiger partial charge in [0.15, 0.2) is 0 Å². The number of rotatable bonds is 9. The zero-order valence-corrected chi connectivity index (χ0v) is 17.9. The lowest BCUT2D eigenvalue weighted by molar-refractivity contribution is -0.124. The summed E-state index contributed by atoms with van der Waals surface area (Å²) in [7, 11) is -1.99. The van der Waals surface area contributed by atoms with E-state index in [2.05, 4.69) is 10.2 Å². The quantitative estimate of drug-likeness (QED) is 0.590. The van der Waals surface area contributed by atoms with Gasteiger partial charge in [-0.3, -0.25) is 9.69 Å². The monoisotopic (exact) mass is 427 g/mol. The molecule has 2 atom stereocenters. The van der Waals surface area contributed by atoms with Crippen molar-refractivity contribution in [2.24, 2.45) is 0 Å². The maximum Gasteiger partial charge on any atom is 0.374 e. The van der Waals surface area contributed by atoms with Gasteiger partial charge in [-0.05, 0) is 58.7 Å². The summed E-state index contributed by atoms with van der Waals surface area (Å²) in [6.45, 7) is 4.54. The van der Waals surface area contributed by atoms with Crippen LogP contribution in [0.1, 0.15) is 50.1 Å². The highest BCUT2D eigenvalue weighted by Gasteiger charge is 2.41. The van der Waals surface area contributed by atoms with Crippen molar-refractivity contribution in [2.45, 2.75) is 62.7 Å². The van der Waals surface area contributed by atoms with Crippen LogP contribution in [0.5, 0.6) is 0 Å². The summed E-state index contributed by atoms with van der Waals surface area (Å²) in [6.07, 6.45) is 3.39. The molecule has 2 heterocycles. The topological polar surface area (TPSA) is 109 Å². The van der Waals surface area contributed by atoms with E-state index in [4.69, 9.17) is 9.15 Å². The molecule has 1 aliphatic heterocycles. The van der Waals surface area contributed by atoms with Crippen molar-refractivity contribution >= 4 is 21.9 Å². The normalized spacial score (nSPS) is 21.3. The summed E-state index contributed by atoms with van der Waals surface area (Å²) in [4.78, 5) is 26.7. The van der Waals surface area contributed by atoms with E-state index in [9.17, 15) is 18.0 Å². The number of amides is 1. The Morgan fingerprint density at radius 2 is 2.07 bits per heavy atom. The Balaban J connectivity index is 1.65. The van der Waals surface area contributed by atoms with Crippen LogP contribution < -0.4 is 5.32 Å². The molecule has 2 aliphatic rings. The lowest BCUT2D eigenvalue weighted by Gasteiger charge is -2.26. The minimum absolute atomic E-state index is 0.157. The molecular weight excluding hydrogens is 398 g/mol. The molecule has 0 aromatic carbocycles. The summed E-state index contributed by atoms with van der Waals surface area (Å²) in [5.41, 5.74) is 0. The number of esters is 1. The second kappa shape index (κ2) is 8.85. The summed E-state index contributed by atoms with van der Waals surface area (Å²) in [5.74, 6) is -1.21. The van der Waals surface area contributed by atoms with Gasteiger partial charge >= 0.3 is 5.97 Å². The molecule has 2 fully saturated rings. The maximum atomic E-state index is 13.0. The molecular formula is C19H29N3O6S. The molecule has 10 heteroatoms. The largest absolute Gasteiger partial charge is 0.460 e. The van der Waals surface area contributed by atoms with Crippen LogP contribution in [0.4, 0.5) is 0 Å². The Labute approximate surface area is 171 Å². The van der Waals surface area contributed by atoms with Crippen LogP contribution in [-0.4, -0.2) is 74.4 Å². The molecule has 0 spiro atoms. The Hall–Kier alpha value is -1.91. The Kier molecular flexibility index (Phi) is 6.65. The van der Waals surface area contributed by atoms with E-state index in [1.807, 2.05) is 14.0 Å². The average Bonchev–Trinajstić information content (AvgIpc) is 3.20. The van der Waals surface area contributed by atoms with Crippen LogP contribution in [0.2, 0.25) is 0 Å². The number of nitrogens with zero attached hydrogens (tertiary/aromatic N) is 2. The number of hydrogen-bond donors (Lipinski definition) is 1. The highest BCUT2D eigenvalue weighted by atomic mass is 32.2. The van der Waals surface area contributed by atoms with E-state index < -0.39 is 22.0 Å². The lowest BCUT2D eigenvalue weighted by atomic mass is 10.2. The number of furan rings is 1. The second-order valence-corrected chi connectivity index (χ2v) is 9.43. The molecule has 9 nitrogen and oxygen atoms in total. The molecule has 3 rings (SSSR count). The predicted octanol–water partition coefficient (Wildman–Crippen LogP) is 1.21. The van der Waals surface area contributed by atoms with Crippen LogP contribution >= 0.6 is 0 Å².